The number of nitrogen functional groups attached to an aromatic ring is 2. The third kappa shape index (κ3) is 2.47. The highest BCUT2D eigenvalue weighted by Crippen LogP contribution is 2.35. The molecule has 0 amide bonds. The molecule has 1 heterocycles. The van der Waals surface area contributed by atoms with Crippen molar-refractivity contribution in [1.82, 2.24) is 0 Å². The van der Waals surface area contributed by atoms with E-state index >= 15 is 0 Å². The van der Waals surface area contributed by atoms with Gasteiger partial charge in [0.25, 0.3) is 0 Å². The summed E-state index contributed by atoms with van der Waals surface area (Å²) in [5.74, 6) is -0.250. The minimum absolute atomic E-state index is 0.0593. The number of rotatable bonds is 3. The molecule has 1 saturated heterocycles. The van der Waals surface area contributed by atoms with Gasteiger partial charge >= 0.3 is 0 Å². The topological polar surface area (TPSA) is 73.3 Å². The first-order chi connectivity index (χ1) is 8.50. The van der Waals surface area contributed by atoms with Crippen LogP contribution in [0, 0.1) is 11.7 Å². The van der Waals surface area contributed by atoms with E-state index in [0.29, 0.717) is 12.5 Å². The van der Waals surface area contributed by atoms with Crippen LogP contribution in [-0.4, -0.2) is 19.3 Å². The van der Waals surface area contributed by atoms with Gasteiger partial charge in [0.15, 0.2) is 5.82 Å². The van der Waals surface area contributed by atoms with Gasteiger partial charge < -0.3 is 21.5 Å². The van der Waals surface area contributed by atoms with Crippen molar-refractivity contribution in [2.45, 2.75) is 19.4 Å². The number of hydrogen-bond acceptors (Lipinski definition) is 4. The van der Waals surface area contributed by atoms with Crippen molar-refractivity contribution in [3.05, 3.63) is 16.9 Å². The Morgan fingerprint density at radius 2 is 2.22 bits per heavy atom. The molecule has 1 aliphatic rings. The smallest absolute Gasteiger partial charge is 0.169 e. The highest BCUT2D eigenvalue weighted by molar-refractivity contribution is 6.33. The molecule has 0 aromatic heterocycles. The summed E-state index contributed by atoms with van der Waals surface area (Å²) in [6.45, 7) is 3.40. The molecule has 4 nitrogen and oxygen atoms in total. The molecule has 0 bridgehead atoms. The molecule has 0 spiro atoms. The molecule has 0 radical (unpaired) electrons. The fourth-order valence-corrected chi connectivity index (χ4v) is 2.25. The first kappa shape index (κ1) is 13.2. The maximum absolute atomic E-state index is 14.0. The molecule has 1 aromatic carbocycles. The molecule has 1 aromatic rings. The number of hydrogen-bond donors (Lipinski definition) is 3. The highest BCUT2D eigenvalue weighted by Gasteiger charge is 2.24. The van der Waals surface area contributed by atoms with Gasteiger partial charge in [0.05, 0.1) is 23.7 Å². The number of nitrogens with two attached hydrogens (primary N) is 2. The van der Waals surface area contributed by atoms with Crippen LogP contribution in [0.3, 0.4) is 0 Å². The lowest BCUT2D eigenvalue weighted by molar-refractivity contribution is 0.183. The highest BCUT2D eigenvalue weighted by atomic mass is 35.5. The normalized spacial score (nSPS) is 20.9. The summed E-state index contributed by atoms with van der Waals surface area (Å²) in [5.41, 5.74) is 11.9. The zero-order valence-electron chi connectivity index (χ0n) is 10.2. The molecule has 0 saturated carbocycles. The molecule has 2 atom stereocenters. The molecule has 100 valence electrons. The summed E-state index contributed by atoms with van der Waals surface area (Å²) < 4.78 is 19.3. The van der Waals surface area contributed by atoms with E-state index in [0.717, 1.165) is 13.0 Å². The Bertz CT molecular complexity index is 449. The molecular formula is C12H17ClFN3O. The van der Waals surface area contributed by atoms with Crippen molar-refractivity contribution < 1.29 is 9.13 Å². The molecular weight excluding hydrogens is 257 g/mol. The van der Waals surface area contributed by atoms with E-state index in [1.54, 1.807) is 0 Å². The average Bonchev–Trinajstić information content (AvgIpc) is 2.85. The first-order valence-electron chi connectivity index (χ1n) is 5.88. The van der Waals surface area contributed by atoms with Gasteiger partial charge in [-0.2, -0.15) is 0 Å². The van der Waals surface area contributed by atoms with Crippen molar-refractivity contribution in [2.75, 3.05) is 30.0 Å². The van der Waals surface area contributed by atoms with Gasteiger partial charge in [-0.1, -0.05) is 11.6 Å². The zero-order chi connectivity index (χ0) is 13.3. The minimum Gasteiger partial charge on any atom is -0.397 e. The minimum atomic E-state index is -0.597. The Morgan fingerprint density at radius 1 is 1.50 bits per heavy atom. The van der Waals surface area contributed by atoms with E-state index in [-0.39, 0.29) is 28.1 Å². The van der Waals surface area contributed by atoms with Gasteiger partial charge in [0, 0.05) is 18.6 Å². The Morgan fingerprint density at radius 3 is 2.83 bits per heavy atom. The van der Waals surface area contributed by atoms with Crippen molar-refractivity contribution in [1.29, 1.82) is 0 Å². The number of ether oxygens (including phenoxy) is 1. The van der Waals surface area contributed by atoms with E-state index in [1.165, 1.54) is 6.07 Å². The lowest BCUT2D eigenvalue weighted by Gasteiger charge is -2.22. The molecule has 18 heavy (non-hydrogen) atoms. The summed E-state index contributed by atoms with van der Waals surface area (Å²) in [7, 11) is 0. The number of anilines is 3. The van der Waals surface area contributed by atoms with Gasteiger partial charge in [0.1, 0.15) is 5.02 Å². The predicted molar refractivity (Wildman–Crippen MR) is 72.2 cm³/mol. The van der Waals surface area contributed by atoms with Crippen LogP contribution in [0.15, 0.2) is 6.07 Å². The summed E-state index contributed by atoms with van der Waals surface area (Å²) in [4.78, 5) is 0. The molecule has 6 heteroatoms. The van der Waals surface area contributed by atoms with Crippen molar-refractivity contribution in [3.63, 3.8) is 0 Å². The summed E-state index contributed by atoms with van der Waals surface area (Å²) in [5, 5.41) is 2.97. The Kier molecular flexibility index (Phi) is 3.82. The first-order valence-corrected chi connectivity index (χ1v) is 6.25. The van der Waals surface area contributed by atoms with E-state index in [4.69, 9.17) is 27.8 Å². The fourth-order valence-electron chi connectivity index (χ4n) is 2.11. The third-order valence-electron chi connectivity index (χ3n) is 3.31. The van der Waals surface area contributed by atoms with Gasteiger partial charge in [-0.05, 0) is 19.4 Å². The van der Waals surface area contributed by atoms with Crippen LogP contribution in [0.5, 0.6) is 0 Å². The van der Waals surface area contributed by atoms with Gasteiger partial charge in [-0.15, -0.1) is 0 Å². The van der Waals surface area contributed by atoms with E-state index in [1.807, 2.05) is 6.92 Å². The van der Waals surface area contributed by atoms with E-state index < -0.39 is 5.82 Å². The van der Waals surface area contributed by atoms with E-state index in [2.05, 4.69) is 5.32 Å². The Balaban J connectivity index is 2.20. The monoisotopic (exact) mass is 273 g/mol. The molecule has 5 N–H and O–H groups in total. The maximum Gasteiger partial charge on any atom is 0.169 e. The number of nitrogens with one attached hydrogen (secondary N) is 1. The Labute approximate surface area is 110 Å². The predicted octanol–water partition coefficient (Wildman–Crippen LogP) is 2.48. The molecule has 1 fully saturated rings. The van der Waals surface area contributed by atoms with Gasteiger partial charge in [0.2, 0.25) is 0 Å². The number of halogens is 2. The summed E-state index contributed by atoms with van der Waals surface area (Å²) in [6.07, 6.45) is 0.957. The number of benzene rings is 1. The lowest BCUT2D eigenvalue weighted by atomic mass is 10.0. The largest absolute Gasteiger partial charge is 0.397 e. The molecule has 1 aliphatic heterocycles. The van der Waals surface area contributed by atoms with Gasteiger partial charge in [-0.25, -0.2) is 4.39 Å². The molecule has 2 unspecified atom stereocenters. The second kappa shape index (κ2) is 5.20. The van der Waals surface area contributed by atoms with Crippen LogP contribution in [0.1, 0.15) is 13.3 Å². The second-order valence-electron chi connectivity index (χ2n) is 4.61. The van der Waals surface area contributed by atoms with Crippen molar-refractivity contribution in [3.8, 4) is 0 Å². The van der Waals surface area contributed by atoms with E-state index in [9.17, 15) is 4.39 Å². The van der Waals surface area contributed by atoms with Crippen molar-refractivity contribution in [2.24, 2.45) is 5.92 Å². The summed E-state index contributed by atoms with van der Waals surface area (Å²) >= 11 is 5.78. The van der Waals surface area contributed by atoms with Gasteiger partial charge in [-0.3, -0.25) is 0 Å². The van der Waals surface area contributed by atoms with Crippen LogP contribution >= 0.6 is 11.6 Å². The fraction of sp³-hybridized carbons (Fsp3) is 0.500. The molecule has 0 aliphatic carbocycles. The SMILES string of the molecule is CC(Nc1c(N)cc(N)c(Cl)c1F)C1CCOC1. The Hall–Kier alpha value is -1.20. The molecule has 2 rings (SSSR count). The van der Waals surface area contributed by atoms with Crippen LogP contribution < -0.4 is 16.8 Å². The summed E-state index contributed by atoms with van der Waals surface area (Å²) in [6, 6.07) is 1.52. The third-order valence-corrected chi connectivity index (χ3v) is 3.69. The lowest BCUT2D eigenvalue weighted by Crippen LogP contribution is -2.27. The van der Waals surface area contributed by atoms with Crippen LogP contribution in [0.25, 0.3) is 0 Å². The second-order valence-corrected chi connectivity index (χ2v) is 4.99. The quantitative estimate of drug-likeness (QED) is 0.740. The standard InChI is InChI=1S/C12H17ClFN3O/c1-6(7-2-3-18-5-7)17-12-9(16)4-8(15)10(13)11(12)14/h4,6-7,17H,2-3,5,15-16H2,1H3. The van der Waals surface area contributed by atoms with Crippen LogP contribution in [-0.2, 0) is 4.74 Å². The van der Waals surface area contributed by atoms with Crippen LogP contribution in [0.2, 0.25) is 5.02 Å². The van der Waals surface area contributed by atoms with Crippen LogP contribution in [0.4, 0.5) is 21.5 Å². The maximum atomic E-state index is 14.0. The van der Waals surface area contributed by atoms with Crippen molar-refractivity contribution >= 4 is 28.7 Å². The average molecular weight is 274 g/mol. The zero-order valence-corrected chi connectivity index (χ0v) is 10.9.